The van der Waals surface area contributed by atoms with Crippen LogP contribution in [0.2, 0.25) is 0 Å². The third kappa shape index (κ3) is 7.02. The molecule has 3 aromatic rings. The Kier molecular flexibility index (Phi) is 8.88. The summed E-state index contributed by atoms with van der Waals surface area (Å²) < 4.78 is 19.7. The van der Waals surface area contributed by atoms with Gasteiger partial charge in [0.05, 0.1) is 19.3 Å². The molecule has 7 nitrogen and oxygen atoms in total. The molecular formula is C29H39N3O4. The average molecular weight is 494 g/mol. The van der Waals surface area contributed by atoms with Crippen LogP contribution in [0, 0.1) is 6.92 Å². The fraction of sp³-hybridized carbons (Fsp3) is 0.483. The minimum Gasteiger partial charge on any atom is -0.493 e. The molecule has 1 aliphatic rings. The number of hydrogen-bond acceptors (Lipinski definition) is 6. The lowest BCUT2D eigenvalue weighted by Gasteiger charge is -2.27. The smallest absolute Gasteiger partial charge is 0.161 e. The van der Waals surface area contributed by atoms with E-state index in [-0.39, 0.29) is 0 Å². The van der Waals surface area contributed by atoms with Gasteiger partial charge < -0.3 is 23.9 Å². The maximum absolute atomic E-state index is 11.2. The van der Waals surface area contributed by atoms with E-state index in [9.17, 15) is 5.11 Å². The Bertz CT molecular complexity index is 1100. The number of imidazole rings is 1. The molecule has 7 heteroatoms. The molecule has 1 fully saturated rings. The highest BCUT2D eigenvalue weighted by Gasteiger charge is 2.31. The molecule has 36 heavy (non-hydrogen) atoms. The van der Waals surface area contributed by atoms with E-state index in [1.165, 1.54) is 11.1 Å². The van der Waals surface area contributed by atoms with Crippen molar-refractivity contribution in [3.63, 3.8) is 0 Å². The molecule has 1 saturated heterocycles. The van der Waals surface area contributed by atoms with Gasteiger partial charge in [0.25, 0.3) is 0 Å². The molecule has 1 N–H and O–H groups in total. The quantitative estimate of drug-likeness (QED) is 0.420. The molecule has 2 heterocycles. The predicted octanol–water partition coefficient (Wildman–Crippen LogP) is 4.64. The Morgan fingerprint density at radius 2 is 1.86 bits per heavy atom. The molecule has 0 spiro atoms. The van der Waals surface area contributed by atoms with Gasteiger partial charge in [-0.25, -0.2) is 4.98 Å². The van der Waals surface area contributed by atoms with Gasteiger partial charge in [-0.3, -0.25) is 4.90 Å². The molecule has 0 saturated carbocycles. The zero-order valence-corrected chi connectivity index (χ0v) is 21.8. The van der Waals surface area contributed by atoms with Crippen LogP contribution in [0.15, 0.2) is 54.9 Å². The Labute approximate surface area is 214 Å². The molecule has 1 unspecified atom stereocenters. The van der Waals surface area contributed by atoms with E-state index in [0.717, 1.165) is 68.5 Å². The highest BCUT2D eigenvalue weighted by atomic mass is 16.5. The molecule has 1 aliphatic heterocycles. The van der Waals surface area contributed by atoms with Crippen LogP contribution in [0.5, 0.6) is 17.2 Å². The van der Waals surface area contributed by atoms with Crippen molar-refractivity contribution in [3.8, 4) is 17.2 Å². The summed E-state index contributed by atoms with van der Waals surface area (Å²) >= 11 is 0. The first kappa shape index (κ1) is 26.0. The fourth-order valence-electron chi connectivity index (χ4n) is 4.69. The van der Waals surface area contributed by atoms with Crippen LogP contribution in [0.4, 0.5) is 0 Å². The first-order valence-corrected chi connectivity index (χ1v) is 12.9. The Balaban J connectivity index is 1.31. The zero-order valence-electron chi connectivity index (χ0n) is 21.8. The van der Waals surface area contributed by atoms with E-state index < -0.39 is 5.60 Å². The normalized spacial score (nSPS) is 18.6. The second-order valence-corrected chi connectivity index (χ2v) is 9.68. The van der Waals surface area contributed by atoms with Gasteiger partial charge in [-0.2, -0.15) is 0 Å². The molecule has 0 amide bonds. The van der Waals surface area contributed by atoms with E-state index in [4.69, 9.17) is 14.2 Å². The first-order chi connectivity index (χ1) is 17.5. The van der Waals surface area contributed by atoms with Crippen molar-refractivity contribution in [2.75, 3.05) is 33.4 Å². The lowest BCUT2D eigenvalue weighted by molar-refractivity contribution is -0.0168. The SMILES string of the molecule is CCc1nccn1CCOc1cc(CN2CCCC(O)(COc3ccc(C)cc3)CC2)ccc1OC. The van der Waals surface area contributed by atoms with Crippen molar-refractivity contribution in [2.24, 2.45) is 0 Å². The lowest BCUT2D eigenvalue weighted by Crippen LogP contribution is -2.37. The number of methoxy groups -OCH3 is 1. The molecule has 1 aromatic heterocycles. The van der Waals surface area contributed by atoms with Crippen molar-refractivity contribution in [1.29, 1.82) is 0 Å². The van der Waals surface area contributed by atoms with E-state index in [2.05, 4.69) is 40.4 Å². The van der Waals surface area contributed by atoms with E-state index in [0.29, 0.717) is 19.6 Å². The summed E-state index contributed by atoms with van der Waals surface area (Å²) in [6.07, 6.45) is 7.06. The second kappa shape index (κ2) is 12.3. The first-order valence-electron chi connectivity index (χ1n) is 12.9. The number of rotatable bonds is 11. The third-order valence-electron chi connectivity index (χ3n) is 6.88. The van der Waals surface area contributed by atoms with Crippen LogP contribution in [0.3, 0.4) is 0 Å². The van der Waals surface area contributed by atoms with Gasteiger partial charge in [0, 0.05) is 31.9 Å². The van der Waals surface area contributed by atoms with Gasteiger partial charge in [0.1, 0.15) is 24.8 Å². The molecule has 0 bridgehead atoms. The second-order valence-electron chi connectivity index (χ2n) is 9.68. The minimum absolute atomic E-state index is 0.321. The van der Waals surface area contributed by atoms with E-state index in [1.807, 2.05) is 42.7 Å². The van der Waals surface area contributed by atoms with Crippen molar-refractivity contribution < 1.29 is 19.3 Å². The largest absolute Gasteiger partial charge is 0.493 e. The van der Waals surface area contributed by atoms with Crippen LogP contribution < -0.4 is 14.2 Å². The predicted molar refractivity (Wildman–Crippen MR) is 141 cm³/mol. The summed E-state index contributed by atoms with van der Waals surface area (Å²) in [5.74, 6) is 3.36. The molecule has 4 rings (SSSR count). The number of aliphatic hydroxyl groups is 1. The summed E-state index contributed by atoms with van der Waals surface area (Å²) in [6, 6.07) is 14.1. The number of ether oxygens (including phenoxy) is 3. The van der Waals surface area contributed by atoms with Crippen LogP contribution in [-0.2, 0) is 19.5 Å². The van der Waals surface area contributed by atoms with Gasteiger partial charge in [-0.1, -0.05) is 30.7 Å². The highest BCUT2D eigenvalue weighted by molar-refractivity contribution is 5.43. The van der Waals surface area contributed by atoms with Crippen LogP contribution in [0.1, 0.15) is 43.1 Å². The fourth-order valence-corrected chi connectivity index (χ4v) is 4.69. The van der Waals surface area contributed by atoms with Crippen LogP contribution in [-0.4, -0.2) is 58.6 Å². The average Bonchev–Trinajstić information content (AvgIpc) is 3.26. The van der Waals surface area contributed by atoms with Gasteiger partial charge in [-0.15, -0.1) is 0 Å². The standard InChI is InChI=1S/C29H39N3O4/c1-4-28-30-14-17-32(28)18-19-35-27-20-24(8-11-26(27)34-3)21-31-15-5-12-29(33,13-16-31)22-36-25-9-6-23(2)7-10-25/h6-11,14,17,20,33H,4-5,12-13,15-16,18-19,21-22H2,1-3H3. The Morgan fingerprint density at radius 3 is 2.64 bits per heavy atom. The maximum atomic E-state index is 11.2. The monoisotopic (exact) mass is 493 g/mol. The topological polar surface area (TPSA) is 69.0 Å². The molecule has 0 radical (unpaired) electrons. The Morgan fingerprint density at radius 1 is 1.03 bits per heavy atom. The summed E-state index contributed by atoms with van der Waals surface area (Å²) in [6.45, 7) is 8.32. The van der Waals surface area contributed by atoms with Crippen molar-refractivity contribution in [3.05, 3.63) is 71.8 Å². The maximum Gasteiger partial charge on any atom is 0.161 e. The summed E-state index contributed by atoms with van der Waals surface area (Å²) in [5.41, 5.74) is 1.56. The molecule has 2 aromatic carbocycles. The molecule has 0 aliphatic carbocycles. The van der Waals surface area contributed by atoms with Crippen LogP contribution in [0.25, 0.3) is 0 Å². The van der Waals surface area contributed by atoms with E-state index >= 15 is 0 Å². The number of benzene rings is 2. The highest BCUT2D eigenvalue weighted by Crippen LogP contribution is 2.30. The molecule has 194 valence electrons. The van der Waals surface area contributed by atoms with E-state index in [1.54, 1.807) is 7.11 Å². The zero-order chi connectivity index (χ0) is 25.4. The minimum atomic E-state index is -0.807. The number of aromatic nitrogens is 2. The van der Waals surface area contributed by atoms with Crippen molar-refractivity contribution in [1.82, 2.24) is 14.5 Å². The van der Waals surface area contributed by atoms with Gasteiger partial charge in [0.15, 0.2) is 11.5 Å². The number of nitrogens with zero attached hydrogens (tertiary/aromatic N) is 3. The van der Waals surface area contributed by atoms with Crippen molar-refractivity contribution >= 4 is 0 Å². The Hall–Kier alpha value is -3.03. The summed E-state index contributed by atoms with van der Waals surface area (Å²) in [4.78, 5) is 6.77. The lowest BCUT2D eigenvalue weighted by atomic mass is 9.96. The molecule has 1 atom stereocenters. The number of aryl methyl sites for hydroxylation is 2. The van der Waals surface area contributed by atoms with Crippen LogP contribution >= 0.6 is 0 Å². The summed E-state index contributed by atoms with van der Waals surface area (Å²) in [5, 5.41) is 11.2. The van der Waals surface area contributed by atoms with Gasteiger partial charge in [0.2, 0.25) is 0 Å². The van der Waals surface area contributed by atoms with Crippen molar-refractivity contribution in [2.45, 2.75) is 58.2 Å². The summed E-state index contributed by atoms with van der Waals surface area (Å²) in [7, 11) is 1.67. The molecular weight excluding hydrogens is 454 g/mol. The van der Waals surface area contributed by atoms with Gasteiger partial charge in [-0.05, 0) is 62.6 Å². The van der Waals surface area contributed by atoms with Gasteiger partial charge >= 0.3 is 0 Å². The number of hydrogen-bond donors (Lipinski definition) is 1. The third-order valence-corrected chi connectivity index (χ3v) is 6.88. The number of likely N-dealkylation sites (tertiary alicyclic amines) is 1.